The van der Waals surface area contributed by atoms with E-state index in [4.69, 9.17) is 0 Å². The van der Waals surface area contributed by atoms with Gasteiger partial charge in [0.2, 0.25) is 5.43 Å². The summed E-state index contributed by atoms with van der Waals surface area (Å²) in [7, 11) is 1.97. The molecule has 7 heteroatoms. The van der Waals surface area contributed by atoms with Gasteiger partial charge < -0.3 is 14.2 Å². The molecule has 1 N–H and O–H groups in total. The Morgan fingerprint density at radius 3 is 2.53 bits per heavy atom. The third kappa shape index (κ3) is 4.16. The molecule has 2 saturated heterocycles. The largest absolute Gasteiger partial charge is 0.503 e. The smallest absolute Gasteiger partial charge is 0.250 e. The quantitative estimate of drug-likeness (QED) is 0.793. The number of aromatic nitrogens is 2. The number of hydrogen-bond donors (Lipinski definition) is 1. The van der Waals surface area contributed by atoms with Crippen LogP contribution in [0.1, 0.15) is 55.1 Å². The van der Waals surface area contributed by atoms with Crippen molar-refractivity contribution < 1.29 is 5.11 Å². The third-order valence-corrected chi connectivity index (χ3v) is 7.65. The Morgan fingerprint density at radius 2 is 1.75 bits per heavy atom. The highest BCUT2D eigenvalue weighted by molar-refractivity contribution is 5.30. The van der Waals surface area contributed by atoms with Crippen molar-refractivity contribution in [2.45, 2.75) is 57.7 Å². The minimum atomic E-state index is -0.281. The van der Waals surface area contributed by atoms with Gasteiger partial charge in [-0.15, -0.1) is 0 Å². The number of piperidine rings is 1. The Bertz CT molecular complexity index is 1100. The molecule has 2 aromatic rings. The van der Waals surface area contributed by atoms with Gasteiger partial charge in [-0.25, -0.2) is 0 Å². The summed E-state index contributed by atoms with van der Waals surface area (Å²) in [4.78, 5) is 29.7. The van der Waals surface area contributed by atoms with E-state index in [1.807, 2.05) is 22.2 Å². The molecule has 2 fully saturated rings. The van der Waals surface area contributed by atoms with E-state index < -0.39 is 0 Å². The summed E-state index contributed by atoms with van der Waals surface area (Å²) in [5.74, 6) is 0.693. The van der Waals surface area contributed by atoms with Crippen LogP contribution in [0.25, 0.3) is 0 Å². The molecular weight excluding hydrogens is 404 g/mol. The second kappa shape index (κ2) is 8.87. The van der Waals surface area contributed by atoms with Crippen LogP contribution in [-0.4, -0.2) is 50.2 Å². The number of fused-ring (bicyclic) bond motifs is 4. The minimum absolute atomic E-state index is 0.102. The van der Waals surface area contributed by atoms with E-state index in [1.54, 1.807) is 12.1 Å². The van der Waals surface area contributed by atoms with Crippen molar-refractivity contribution in [2.75, 3.05) is 26.2 Å². The Kier molecular flexibility index (Phi) is 5.95. The van der Waals surface area contributed by atoms with E-state index in [9.17, 15) is 14.7 Å². The van der Waals surface area contributed by atoms with Crippen molar-refractivity contribution in [3.05, 3.63) is 61.9 Å². The first-order valence-corrected chi connectivity index (χ1v) is 12.0. The molecule has 0 aromatic carbocycles. The summed E-state index contributed by atoms with van der Waals surface area (Å²) in [6.45, 7) is 5.93. The fraction of sp³-hybridized carbons (Fsp3) is 0.600. The van der Waals surface area contributed by atoms with Crippen LogP contribution in [-0.2, 0) is 26.7 Å². The second-order valence-corrected chi connectivity index (χ2v) is 9.94. The van der Waals surface area contributed by atoms with E-state index >= 15 is 0 Å². The van der Waals surface area contributed by atoms with Crippen LogP contribution in [0, 0.1) is 5.92 Å². The molecule has 0 saturated carbocycles. The van der Waals surface area contributed by atoms with Gasteiger partial charge in [-0.1, -0.05) is 18.9 Å². The monoisotopic (exact) mass is 438 g/mol. The van der Waals surface area contributed by atoms with Gasteiger partial charge in [0.1, 0.15) is 0 Å². The van der Waals surface area contributed by atoms with Gasteiger partial charge in [0, 0.05) is 69.2 Å². The maximum Gasteiger partial charge on any atom is 0.250 e. The van der Waals surface area contributed by atoms with Crippen LogP contribution >= 0.6 is 0 Å². The second-order valence-electron chi connectivity index (χ2n) is 9.94. The lowest BCUT2D eigenvalue weighted by molar-refractivity contribution is 0.112. The van der Waals surface area contributed by atoms with E-state index in [-0.39, 0.29) is 16.7 Å². The first kappa shape index (κ1) is 21.5. The summed E-state index contributed by atoms with van der Waals surface area (Å²) in [5.41, 5.74) is 2.63. The molecule has 5 heterocycles. The lowest BCUT2D eigenvalue weighted by Crippen LogP contribution is -2.47. The lowest BCUT2D eigenvalue weighted by Gasteiger charge is -2.43. The number of likely N-dealkylation sites (tertiary alicyclic amines) is 2. The number of hydrogen-bond acceptors (Lipinski definition) is 5. The maximum atomic E-state index is 12.6. The molecule has 32 heavy (non-hydrogen) atoms. The van der Waals surface area contributed by atoms with Gasteiger partial charge >= 0.3 is 0 Å². The molecule has 3 aliphatic heterocycles. The highest BCUT2D eigenvalue weighted by atomic mass is 16.3. The Hall–Kier alpha value is -2.38. The summed E-state index contributed by atoms with van der Waals surface area (Å²) in [5, 5.41) is 10.6. The van der Waals surface area contributed by atoms with Crippen molar-refractivity contribution in [3.63, 3.8) is 0 Å². The van der Waals surface area contributed by atoms with Crippen LogP contribution in [0.2, 0.25) is 0 Å². The third-order valence-electron chi connectivity index (χ3n) is 7.65. The molecule has 5 rings (SSSR count). The van der Waals surface area contributed by atoms with Gasteiger partial charge in [0.15, 0.2) is 5.75 Å². The summed E-state index contributed by atoms with van der Waals surface area (Å²) >= 11 is 0. The number of nitrogens with zero attached hydrogens (tertiary/aromatic N) is 4. The molecule has 3 aliphatic rings. The molecule has 0 aliphatic carbocycles. The molecule has 0 spiro atoms. The summed E-state index contributed by atoms with van der Waals surface area (Å²) in [6, 6.07) is 7.21. The molecule has 172 valence electrons. The van der Waals surface area contributed by atoms with Gasteiger partial charge in [0.05, 0.1) is 5.69 Å². The van der Waals surface area contributed by atoms with E-state index in [0.717, 1.165) is 56.2 Å². The Balaban J connectivity index is 1.37. The van der Waals surface area contributed by atoms with Crippen molar-refractivity contribution in [1.29, 1.82) is 0 Å². The van der Waals surface area contributed by atoms with Crippen LogP contribution in [0.3, 0.4) is 0 Å². The topological polar surface area (TPSA) is 70.7 Å². The summed E-state index contributed by atoms with van der Waals surface area (Å²) < 4.78 is 3.98. The zero-order valence-electron chi connectivity index (χ0n) is 19.0. The molecule has 0 radical (unpaired) electrons. The SMILES string of the molecule is Cn1c(CN2CC3C[C@H](C2)Cn2c3cccc2=O)cc(=O)c(O)c1CN1CCCCCC1. The molecule has 2 atom stereocenters. The van der Waals surface area contributed by atoms with Gasteiger partial charge in [-0.05, 0) is 44.3 Å². The fourth-order valence-corrected chi connectivity index (χ4v) is 5.98. The van der Waals surface area contributed by atoms with E-state index in [2.05, 4.69) is 15.9 Å². The van der Waals surface area contributed by atoms with Gasteiger partial charge in [0.25, 0.3) is 5.56 Å². The first-order chi connectivity index (χ1) is 15.5. The van der Waals surface area contributed by atoms with Crippen LogP contribution < -0.4 is 11.0 Å². The van der Waals surface area contributed by atoms with Gasteiger partial charge in [-0.2, -0.15) is 0 Å². The van der Waals surface area contributed by atoms with Crippen molar-refractivity contribution in [2.24, 2.45) is 13.0 Å². The van der Waals surface area contributed by atoms with E-state index in [1.165, 1.54) is 25.7 Å². The van der Waals surface area contributed by atoms with Crippen molar-refractivity contribution in [1.82, 2.24) is 18.9 Å². The van der Waals surface area contributed by atoms with Crippen molar-refractivity contribution >= 4 is 0 Å². The average molecular weight is 439 g/mol. The molecule has 1 unspecified atom stereocenters. The lowest BCUT2D eigenvalue weighted by atomic mass is 9.83. The van der Waals surface area contributed by atoms with E-state index in [0.29, 0.717) is 24.9 Å². The standard InChI is InChI=1S/C25H34N4O3/c1-26-20(12-23(30)25(32)22(26)17-27-9-4-2-3-5-10-27)16-28-13-18-11-19(15-28)21-7-6-8-24(31)29(21)14-18/h6-8,12,18-19,32H,2-5,9-11,13-17H2,1H3/t18-,19?/m1/s1. The number of pyridine rings is 2. The van der Waals surface area contributed by atoms with Crippen molar-refractivity contribution in [3.8, 4) is 5.75 Å². The zero-order valence-corrected chi connectivity index (χ0v) is 19.0. The highest BCUT2D eigenvalue weighted by Gasteiger charge is 2.34. The predicted molar refractivity (Wildman–Crippen MR) is 124 cm³/mol. The maximum absolute atomic E-state index is 12.6. The molecule has 0 amide bonds. The van der Waals surface area contributed by atoms with Crippen LogP contribution in [0.4, 0.5) is 0 Å². The Morgan fingerprint density at radius 1 is 0.969 bits per heavy atom. The van der Waals surface area contributed by atoms with Crippen LogP contribution in [0.15, 0.2) is 33.9 Å². The molecule has 2 bridgehead atoms. The average Bonchev–Trinajstić information content (AvgIpc) is 3.04. The highest BCUT2D eigenvalue weighted by Crippen LogP contribution is 2.35. The molecular formula is C25H34N4O3. The fourth-order valence-electron chi connectivity index (χ4n) is 5.98. The van der Waals surface area contributed by atoms with Crippen LogP contribution in [0.5, 0.6) is 5.75 Å². The number of rotatable bonds is 4. The molecule has 7 nitrogen and oxygen atoms in total. The minimum Gasteiger partial charge on any atom is -0.503 e. The summed E-state index contributed by atoms with van der Waals surface area (Å²) in [6.07, 6.45) is 5.99. The normalized spacial score (nSPS) is 24.2. The first-order valence-electron chi connectivity index (χ1n) is 12.0. The van der Waals surface area contributed by atoms with Gasteiger partial charge in [-0.3, -0.25) is 19.4 Å². The number of aromatic hydroxyl groups is 1. The Labute approximate surface area is 188 Å². The zero-order chi connectivity index (χ0) is 22.2. The predicted octanol–water partition coefficient (Wildman–Crippen LogP) is 2.25. The molecule has 2 aromatic heterocycles.